The Kier molecular flexibility index (Phi) is 5.88. The van der Waals surface area contributed by atoms with Crippen LogP contribution in [0.4, 0.5) is 0 Å². The van der Waals surface area contributed by atoms with Crippen LogP contribution in [0.15, 0.2) is 90.0 Å². The molecule has 6 heteroatoms. The molecule has 0 amide bonds. The highest BCUT2D eigenvalue weighted by atomic mass is 16.5. The van der Waals surface area contributed by atoms with E-state index in [0.29, 0.717) is 34.1 Å². The van der Waals surface area contributed by atoms with Gasteiger partial charge in [0.15, 0.2) is 11.2 Å². The lowest BCUT2D eigenvalue weighted by molar-refractivity contribution is -0.132. The number of nitrogens with zero attached hydrogens (tertiary/aromatic N) is 1. The number of rotatable bonds is 4. The summed E-state index contributed by atoms with van der Waals surface area (Å²) in [7, 11) is 1.62. The minimum absolute atomic E-state index is 0.384. The molecule has 0 radical (unpaired) electrons. The molecule has 2 aromatic carbocycles. The normalized spacial score (nSPS) is 36.7. The molecule has 4 N–H and O–H groups in total. The van der Waals surface area contributed by atoms with Crippen LogP contribution in [0, 0.1) is 40.9 Å². The van der Waals surface area contributed by atoms with Crippen LogP contribution in [-0.2, 0) is 15.1 Å². The predicted molar refractivity (Wildman–Crippen MR) is 146 cm³/mol. The van der Waals surface area contributed by atoms with Crippen molar-refractivity contribution >= 4 is 0 Å². The fourth-order valence-electron chi connectivity index (χ4n) is 7.71. The highest BCUT2D eigenvalue weighted by Gasteiger charge is 2.79. The maximum atomic E-state index is 12.9. The Bertz CT molecular complexity index is 1450. The lowest BCUT2D eigenvalue weighted by atomic mass is 9.67. The van der Waals surface area contributed by atoms with Gasteiger partial charge in [0.25, 0.3) is 0 Å². The van der Waals surface area contributed by atoms with Gasteiger partial charge >= 0.3 is 0 Å². The van der Waals surface area contributed by atoms with Crippen molar-refractivity contribution in [2.45, 2.75) is 48.9 Å². The zero-order chi connectivity index (χ0) is 27.4. The molecule has 1 spiro atoms. The Hall–Kier alpha value is -3.97. The molecule has 198 valence electrons. The molecule has 1 saturated heterocycles. The maximum absolute atomic E-state index is 12.9. The van der Waals surface area contributed by atoms with Crippen LogP contribution < -0.4 is 5.73 Å². The van der Waals surface area contributed by atoms with Gasteiger partial charge in [-0.15, -0.1) is 6.42 Å². The van der Waals surface area contributed by atoms with Gasteiger partial charge in [0.1, 0.15) is 17.6 Å². The van der Waals surface area contributed by atoms with Gasteiger partial charge < -0.3 is 25.4 Å². The van der Waals surface area contributed by atoms with E-state index in [4.69, 9.17) is 21.6 Å². The molecule has 1 aliphatic heterocycles. The number of aliphatic hydroxyl groups is 2. The first-order valence-corrected chi connectivity index (χ1v) is 13.4. The Balaban J connectivity index is 1.59. The van der Waals surface area contributed by atoms with Gasteiger partial charge in [-0.25, -0.2) is 0 Å². The van der Waals surface area contributed by atoms with Crippen LogP contribution in [0.2, 0.25) is 0 Å². The molecule has 2 aromatic rings. The molecular weight excluding hydrogens is 488 g/mol. The average Bonchev–Trinajstić information content (AvgIpc) is 3.48. The molecule has 0 bridgehead atoms. The lowest BCUT2D eigenvalue weighted by Crippen LogP contribution is -2.53. The number of hydrogen-bond donors (Lipinski definition) is 3. The standard InChI is InChI=1S/C33H32N2O4/c1-3-25-27(23-7-5-4-6-8-23)33(24-11-9-22(20-35)10-12-24)32(37,29(25)36)28-26(39-33)19-31(30(28)38-2)16-13-21(14-17-31)15-18-34/h1,4-12,15,18-19,21,25,27,29,36-37H,13-14,16-17,34H2,2H3/b18-15-/t21?,25-,27-,29-,31?,32+,33+/m1/s1. The number of nitriles is 1. The molecular formula is C33H32N2O4. The monoisotopic (exact) mass is 520 g/mol. The van der Waals surface area contributed by atoms with E-state index in [1.54, 1.807) is 37.6 Å². The molecule has 1 heterocycles. The fourth-order valence-corrected chi connectivity index (χ4v) is 7.71. The number of terminal acetylenes is 1. The van der Waals surface area contributed by atoms with Crippen molar-refractivity contribution in [3.8, 4) is 18.4 Å². The quantitative estimate of drug-likeness (QED) is 0.517. The number of allylic oxidation sites excluding steroid dienone is 2. The summed E-state index contributed by atoms with van der Waals surface area (Å²) >= 11 is 0. The van der Waals surface area contributed by atoms with Crippen LogP contribution in [0.5, 0.6) is 0 Å². The largest absolute Gasteiger partial charge is 0.500 e. The first kappa shape index (κ1) is 25.3. The van der Waals surface area contributed by atoms with Gasteiger partial charge in [0.05, 0.1) is 35.6 Å². The summed E-state index contributed by atoms with van der Waals surface area (Å²) in [6.07, 6.45) is 13.9. The smallest absolute Gasteiger partial charge is 0.178 e. The Morgan fingerprint density at radius 1 is 1.13 bits per heavy atom. The SMILES string of the molecule is C#C[C@H]1[C@@H](O)[C@@]2(O)C3=C(OC)C4(C=C3O[C@@]2(c2ccc(C#N)cc2)[C@@H]1c1ccccc1)CCC(/C=C\N)CC4. The lowest BCUT2D eigenvalue weighted by Gasteiger charge is -2.42. The number of ether oxygens (including phenoxy) is 2. The highest BCUT2D eigenvalue weighted by molar-refractivity contribution is 5.61. The van der Waals surface area contributed by atoms with Crippen LogP contribution in [0.1, 0.15) is 48.3 Å². The van der Waals surface area contributed by atoms with Crippen LogP contribution in [-0.4, -0.2) is 29.0 Å². The summed E-state index contributed by atoms with van der Waals surface area (Å²) in [4.78, 5) is 0. The summed E-state index contributed by atoms with van der Waals surface area (Å²) in [6, 6.07) is 18.8. The third-order valence-electron chi connectivity index (χ3n) is 9.42. The van der Waals surface area contributed by atoms with Crippen molar-refractivity contribution in [2.75, 3.05) is 7.11 Å². The summed E-state index contributed by atoms with van der Waals surface area (Å²) in [5.74, 6) is 3.02. The topological polar surface area (TPSA) is 109 Å². The summed E-state index contributed by atoms with van der Waals surface area (Å²) in [6.45, 7) is 0. The number of nitrogens with two attached hydrogens (primary N) is 1. The highest BCUT2D eigenvalue weighted by Crippen LogP contribution is 2.71. The van der Waals surface area contributed by atoms with E-state index in [2.05, 4.69) is 18.1 Å². The second-order valence-corrected chi connectivity index (χ2v) is 11.1. The zero-order valence-electron chi connectivity index (χ0n) is 21.9. The number of aliphatic hydroxyl groups excluding tert-OH is 1. The molecule has 0 aromatic heterocycles. The Morgan fingerprint density at radius 3 is 2.41 bits per heavy atom. The van der Waals surface area contributed by atoms with E-state index >= 15 is 0 Å². The van der Waals surface area contributed by atoms with Crippen LogP contribution >= 0.6 is 0 Å². The van der Waals surface area contributed by atoms with Gasteiger partial charge in [-0.05, 0) is 67.1 Å². The predicted octanol–water partition coefficient (Wildman–Crippen LogP) is 4.37. The van der Waals surface area contributed by atoms with Gasteiger partial charge in [-0.3, -0.25) is 0 Å². The van der Waals surface area contributed by atoms with E-state index in [0.717, 1.165) is 31.2 Å². The van der Waals surface area contributed by atoms with E-state index in [-0.39, 0.29) is 0 Å². The first-order chi connectivity index (χ1) is 18.9. The van der Waals surface area contributed by atoms with Gasteiger partial charge in [-0.2, -0.15) is 5.26 Å². The van der Waals surface area contributed by atoms with Crippen LogP contribution in [0.25, 0.3) is 0 Å². The third-order valence-corrected chi connectivity index (χ3v) is 9.42. The molecule has 5 atom stereocenters. The van der Waals surface area contributed by atoms with Crippen molar-refractivity contribution in [1.82, 2.24) is 0 Å². The molecule has 3 aliphatic carbocycles. The van der Waals surface area contributed by atoms with Gasteiger partial charge in [0, 0.05) is 5.92 Å². The molecule has 2 saturated carbocycles. The minimum Gasteiger partial charge on any atom is -0.500 e. The molecule has 0 unspecified atom stereocenters. The molecule has 4 aliphatic rings. The van der Waals surface area contributed by atoms with Crippen molar-refractivity contribution in [1.29, 1.82) is 5.26 Å². The maximum Gasteiger partial charge on any atom is 0.178 e. The molecule has 39 heavy (non-hydrogen) atoms. The molecule has 3 fully saturated rings. The minimum atomic E-state index is -1.90. The third kappa shape index (κ3) is 3.23. The van der Waals surface area contributed by atoms with Crippen molar-refractivity contribution < 1.29 is 19.7 Å². The number of fused-ring (bicyclic) bond motifs is 3. The average molecular weight is 521 g/mol. The van der Waals surface area contributed by atoms with Crippen molar-refractivity contribution in [3.05, 3.63) is 107 Å². The first-order valence-electron chi connectivity index (χ1n) is 13.4. The zero-order valence-corrected chi connectivity index (χ0v) is 21.9. The molecule has 6 rings (SSSR count). The van der Waals surface area contributed by atoms with E-state index in [1.807, 2.05) is 36.4 Å². The summed E-state index contributed by atoms with van der Waals surface area (Å²) < 4.78 is 13.1. The number of benzene rings is 2. The Labute approximate surface area is 229 Å². The fraction of sp³-hybridized carbons (Fsp3) is 0.364. The molecule has 6 nitrogen and oxygen atoms in total. The van der Waals surface area contributed by atoms with Gasteiger partial charge in [0.2, 0.25) is 0 Å². The van der Waals surface area contributed by atoms with E-state index in [9.17, 15) is 15.5 Å². The Morgan fingerprint density at radius 2 is 1.82 bits per heavy atom. The number of methoxy groups -OCH3 is 1. The van der Waals surface area contributed by atoms with Crippen LogP contribution in [0.3, 0.4) is 0 Å². The van der Waals surface area contributed by atoms with E-state index in [1.165, 1.54) is 0 Å². The van der Waals surface area contributed by atoms with Crippen molar-refractivity contribution in [2.24, 2.45) is 23.0 Å². The second-order valence-electron chi connectivity index (χ2n) is 11.1. The number of hydrogen-bond acceptors (Lipinski definition) is 6. The second kappa shape index (κ2) is 9.06. The summed E-state index contributed by atoms with van der Waals surface area (Å²) in [5.41, 5.74) is 4.33. The van der Waals surface area contributed by atoms with Gasteiger partial charge in [-0.1, -0.05) is 54.5 Å². The summed E-state index contributed by atoms with van der Waals surface area (Å²) in [5, 5.41) is 34.3. The van der Waals surface area contributed by atoms with E-state index < -0.39 is 34.6 Å². The van der Waals surface area contributed by atoms with Crippen molar-refractivity contribution in [3.63, 3.8) is 0 Å².